The Kier molecular flexibility index (Phi) is 7.53. The highest BCUT2D eigenvalue weighted by molar-refractivity contribution is 7.91. The maximum absolute atomic E-state index is 13.3. The maximum atomic E-state index is 13.3. The number of aryl methyl sites for hydroxylation is 1. The smallest absolute Gasteiger partial charge is 0.416 e. The topological polar surface area (TPSA) is 65.0 Å². The lowest BCUT2D eigenvalue weighted by molar-refractivity contribution is -0.137. The number of aromatic nitrogens is 1. The molecule has 178 valence electrons. The molecule has 8 heteroatoms. The summed E-state index contributed by atoms with van der Waals surface area (Å²) in [5.74, 6) is -0.271. The van der Waals surface area contributed by atoms with Crippen LogP contribution in [0.2, 0.25) is 0 Å². The molecular weight excluding hydrogens is 473 g/mol. The number of anilines is 1. The summed E-state index contributed by atoms with van der Waals surface area (Å²) in [5.41, 5.74) is 1.26. The number of benzene rings is 3. The lowest BCUT2D eigenvalue weighted by atomic mass is 9.96. The standard InChI is InChI=1S/C27H21F3N2O2S/c28-27(29,30)20-9-14-24(19-6-2-1-3-7-19)25(18-20)26(33)32-22-10-12-23(13-11-22)35(34)17-15-21-8-4-5-16-31-21/h1-14,16,18H,15,17H2,(H,32,33). The molecule has 1 heterocycles. The van der Waals surface area contributed by atoms with E-state index in [9.17, 15) is 22.5 Å². The molecule has 0 saturated heterocycles. The highest BCUT2D eigenvalue weighted by Crippen LogP contribution is 2.34. The van der Waals surface area contributed by atoms with Crippen molar-refractivity contribution in [1.29, 1.82) is 0 Å². The maximum Gasteiger partial charge on any atom is 0.416 e. The van der Waals surface area contributed by atoms with E-state index in [0.29, 0.717) is 33.9 Å². The molecule has 0 aliphatic carbocycles. The van der Waals surface area contributed by atoms with Crippen LogP contribution in [0.4, 0.5) is 18.9 Å². The van der Waals surface area contributed by atoms with Crippen LogP contribution in [0.25, 0.3) is 11.1 Å². The van der Waals surface area contributed by atoms with E-state index in [2.05, 4.69) is 10.3 Å². The molecule has 1 amide bonds. The van der Waals surface area contributed by atoms with Crippen LogP contribution in [0.5, 0.6) is 0 Å². The van der Waals surface area contributed by atoms with Gasteiger partial charge < -0.3 is 9.87 Å². The van der Waals surface area contributed by atoms with E-state index >= 15 is 0 Å². The van der Waals surface area contributed by atoms with Crippen molar-refractivity contribution in [3.8, 4) is 11.1 Å². The summed E-state index contributed by atoms with van der Waals surface area (Å²) < 4.78 is 52.6. The molecule has 0 fully saturated rings. The summed E-state index contributed by atoms with van der Waals surface area (Å²) in [7, 11) is 0. The van der Waals surface area contributed by atoms with Gasteiger partial charge >= 0.3 is 6.18 Å². The van der Waals surface area contributed by atoms with Crippen LogP contribution in [0, 0.1) is 0 Å². The third-order valence-corrected chi connectivity index (χ3v) is 6.69. The summed E-state index contributed by atoms with van der Waals surface area (Å²) in [6.45, 7) is 0. The van der Waals surface area contributed by atoms with E-state index in [1.807, 2.05) is 18.2 Å². The molecule has 4 rings (SSSR count). The Bertz CT molecular complexity index is 1280. The first-order chi connectivity index (χ1) is 16.8. The number of halogens is 3. The minimum absolute atomic E-state index is 0.0889. The number of carbonyl (C=O) groups is 1. The Morgan fingerprint density at radius 3 is 2.29 bits per heavy atom. The minimum Gasteiger partial charge on any atom is -0.611 e. The number of alkyl halides is 3. The van der Waals surface area contributed by atoms with Gasteiger partial charge in [-0.15, -0.1) is 0 Å². The van der Waals surface area contributed by atoms with E-state index in [0.717, 1.165) is 17.8 Å². The Hall–Kier alpha value is -3.62. The second-order valence-electron chi connectivity index (χ2n) is 7.72. The molecule has 3 aromatic carbocycles. The molecular formula is C27H21F3N2O2S. The Balaban J connectivity index is 1.51. The lowest BCUT2D eigenvalue weighted by Crippen LogP contribution is -2.16. The second kappa shape index (κ2) is 10.8. The molecule has 4 aromatic rings. The molecule has 1 unspecified atom stereocenters. The summed E-state index contributed by atoms with van der Waals surface area (Å²) in [5, 5.41) is 2.66. The predicted octanol–water partition coefficient (Wildman–Crippen LogP) is 6.37. The van der Waals surface area contributed by atoms with Gasteiger partial charge in [-0.3, -0.25) is 9.78 Å². The van der Waals surface area contributed by atoms with E-state index in [1.165, 1.54) is 6.07 Å². The van der Waals surface area contributed by atoms with Crippen molar-refractivity contribution in [2.24, 2.45) is 0 Å². The van der Waals surface area contributed by atoms with Gasteiger partial charge in [0.15, 0.2) is 4.90 Å². The fourth-order valence-corrected chi connectivity index (χ4v) is 4.60. The number of carbonyl (C=O) groups excluding carboxylic acids is 1. The highest BCUT2D eigenvalue weighted by atomic mass is 32.2. The van der Waals surface area contributed by atoms with Crippen molar-refractivity contribution in [3.63, 3.8) is 0 Å². The summed E-state index contributed by atoms with van der Waals surface area (Å²) in [6.07, 6.45) is -2.34. The fourth-order valence-electron chi connectivity index (χ4n) is 3.53. The summed E-state index contributed by atoms with van der Waals surface area (Å²) in [6, 6.07) is 23.9. The van der Waals surface area contributed by atoms with Crippen LogP contribution in [0.1, 0.15) is 21.6 Å². The highest BCUT2D eigenvalue weighted by Gasteiger charge is 2.32. The first-order valence-electron chi connectivity index (χ1n) is 10.8. The number of hydrogen-bond acceptors (Lipinski definition) is 3. The lowest BCUT2D eigenvalue weighted by Gasteiger charge is -2.15. The van der Waals surface area contributed by atoms with E-state index < -0.39 is 28.8 Å². The van der Waals surface area contributed by atoms with Gasteiger partial charge in [0.05, 0.1) is 5.56 Å². The van der Waals surface area contributed by atoms with Crippen molar-refractivity contribution in [1.82, 2.24) is 4.98 Å². The summed E-state index contributed by atoms with van der Waals surface area (Å²) >= 11 is -1.26. The van der Waals surface area contributed by atoms with Crippen LogP contribution >= 0.6 is 0 Å². The van der Waals surface area contributed by atoms with E-state index in [-0.39, 0.29) is 5.56 Å². The normalized spacial score (nSPS) is 12.2. The van der Waals surface area contributed by atoms with E-state index in [4.69, 9.17) is 0 Å². The van der Waals surface area contributed by atoms with Gasteiger partial charge in [0.1, 0.15) is 5.75 Å². The van der Waals surface area contributed by atoms with Gasteiger partial charge in [-0.1, -0.05) is 42.5 Å². The molecule has 35 heavy (non-hydrogen) atoms. The SMILES string of the molecule is O=C(Nc1ccc([S+]([O-])CCc2ccccn2)cc1)c1cc(C(F)(F)F)ccc1-c1ccccc1. The minimum atomic E-state index is -4.58. The predicted molar refractivity (Wildman–Crippen MR) is 130 cm³/mol. The Labute approximate surface area is 204 Å². The molecule has 1 N–H and O–H groups in total. The van der Waals surface area contributed by atoms with Gasteiger partial charge in [-0.05, 0) is 70.8 Å². The molecule has 0 bridgehead atoms. The first kappa shape index (κ1) is 24.5. The van der Waals surface area contributed by atoms with Crippen molar-refractivity contribution < 1.29 is 22.5 Å². The zero-order valence-electron chi connectivity index (χ0n) is 18.5. The number of hydrogen-bond donors (Lipinski definition) is 1. The monoisotopic (exact) mass is 494 g/mol. The third kappa shape index (κ3) is 6.29. The van der Waals surface area contributed by atoms with Crippen molar-refractivity contribution in [2.75, 3.05) is 11.1 Å². The molecule has 0 spiro atoms. The number of nitrogens with zero attached hydrogens (tertiary/aromatic N) is 1. The van der Waals surface area contributed by atoms with Gasteiger partial charge in [0, 0.05) is 29.6 Å². The van der Waals surface area contributed by atoms with E-state index in [1.54, 1.807) is 60.8 Å². The largest absolute Gasteiger partial charge is 0.611 e. The Morgan fingerprint density at radius 1 is 0.914 bits per heavy atom. The fraction of sp³-hybridized carbons (Fsp3) is 0.111. The number of nitrogens with one attached hydrogen (secondary N) is 1. The van der Waals surface area contributed by atoms with Crippen LogP contribution < -0.4 is 5.32 Å². The molecule has 0 saturated carbocycles. The first-order valence-corrected chi connectivity index (χ1v) is 12.1. The number of rotatable bonds is 7. The molecule has 1 aromatic heterocycles. The van der Waals surface area contributed by atoms with Crippen molar-refractivity contribution in [2.45, 2.75) is 17.5 Å². The number of amides is 1. The molecule has 1 atom stereocenters. The van der Waals surface area contributed by atoms with Crippen molar-refractivity contribution >= 4 is 22.8 Å². The van der Waals surface area contributed by atoms with Gasteiger partial charge in [0.25, 0.3) is 5.91 Å². The average Bonchev–Trinajstić information content (AvgIpc) is 2.88. The second-order valence-corrected chi connectivity index (χ2v) is 9.29. The zero-order valence-corrected chi connectivity index (χ0v) is 19.3. The van der Waals surface area contributed by atoms with Gasteiger partial charge in [-0.25, -0.2) is 0 Å². The molecule has 0 aliphatic heterocycles. The van der Waals surface area contributed by atoms with Crippen LogP contribution in [-0.2, 0) is 23.8 Å². The van der Waals surface area contributed by atoms with Crippen LogP contribution in [0.15, 0.2) is 102 Å². The van der Waals surface area contributed by atoms with Crippen molar-refractivity contribution in [3.05, 3.63) is 114 Å². The average molecular weight is 495 g/mol. The Morgan fingerprint density at radius 2 is 1.63 bits per heavy atom. The quantitative estimate of drug-likeness (QED) is 0.304. The summed E-state index contributed by atoms with van der Waals surface area (Å²) in [4.78, 5) is 17.8. The van der Waals surface area contributed by atoms with Gasteiger partial charge in [0.2, 0.25) is 0 Å². The van der Waals surface area contributed by atoms with Gasteiger partial charge in [-0.2, -0.15) is 13.2 Å². The number of pyridine rings is 1. The van der Waals surface area contributed by atoms with Crippen LogP contribution in [0.3, 0.4) is 0 Å². The molecule has 0 aliphatic rings. The zero-order chi connectivity index (χ0) is 24.8. The van der Waals surface area contributed by atoms with Crippen LogP contribution in [-0.4, -0.2) is 21.2 Å². The third-order valence-electron chi connectivity index (χ3n) is 5.32. The molecule has 0 radical (unpaired) electrons. The molecule has 4 nitrogen and oxygen atoms in total.